The van der Waals surface area contributed by atoms with Crippen LogP contribution in [-0.4, -0.2) is 45.9 Å². The van der Waals surface area contributed by atoms with E-state index in [-0.39, 0.29) is 30.4 Å². The third-order valence-corrected chi connectivity index (χ3v) is 5.61. The number of benzene rings is 1. The number of anilines is 1. The first-order chi connectivity index (χ1) is 12.5. The van der Waals surface area contributed by atoms with Gasteiger partial charge in [0.1, 0.15) is 6.04 Å². The van der Waals surface area contributed by atoms with Gasteiger partial charge in [-0.2, -0.15) is 0 Å². The van der Waals surface area contributed by atoms with E-state index in [4.69, 9.17) is 0 Å². The molecule has 1 aromatic rings. The minimum Gasteiger partial charge on any atom is -0.391 e. The molecule has 4 rings (SSSR count). The molecule has 1 saturated heterocycles. The first kappa shape index (κ1) is 17.0. The van der Waals surface area contributed by atoms with Gasteiger partial charge in [-0.05, 0) is 43.0 Å². The van der Waals surface area contributed by atoms with E-state index < -0.39 is 11.9 Å². The Labute approximate surface area is 151 Å². The molecule has 0 aromatic heterocycles. The minimum atomic E-state index is -0.593. The summed E-state index contributed by atoms with van der Waals surface area (Å²) in [6.45, 7) is 0.364. The molecule has 3 aliphatic rings. The second-order valence-electron chi connectivity index (χ2n) is 7.37. The van der Waals surface area contributed by atoms with Gasteiger partial charge in [0.05, 0.1) is 12.1 Å². The Bertz CT molecular complexity index is 763. The van der Waals surface area contributed by atoms with Crippen LogP contribution in [0.5, 0.6) is 0 Å². The highest BCUT2D eigenvalue weighted by Gasteiger charge is 2.39. The van der Waals surface area contributed by atoms with Crippen LogP contribution in [0.4, 0.5) is 5.69 Å². The van der Waals surface area contributed by atoms with E-state index >= 15 is 0 Å². The van der Waals surface area contributed by atoms with Gasteiger partial charge in [0.15, 0.2) is 0 Å². The number of amides is 3. The van der Waals surface area contributed by atoms with Gasteiger partial charge in [-0.15, -0.1) is 0 Å². The largest absolute Gasteiger partial charge is 0.391 e. The average Bonchev–Trinajstić information content (AvgIpc) is 2.93. The molecule has 3 N–H and O–H groups in total. The number of nitrogens with one attached hydrogen (secondary N) is 2. The van der Waals surface area contributed by atoms with Crippen LogP contribution in [0.1, 0.15) is 54.4 Å². The number of aliphatic hydroxyl groups is 1. The van der Waals surface area contributed by atoms with Crippen molar-refractivity contribution in [3.8, 4) is 0 Å². The van der Waals surface area contributed by atoms with Crippen LogP contribution in [0.2, 0.25) is 0 Å². The SMILES string of the molecule is O=C1CCC(N2Cc3cc(N[C@@H]4CCCC[C@H]4O)ccc3C2=O)C(=O)N1. The first-order valence-corrected chi connectivity index (χ1v) is 9.25. The van der Waals surface area contributed by atoms with Gasteiger partial charge < -0.3 is 15.3 Å². The fourth-order valence-corrected chi connectivity index (χ4v) is 4.16. The minimum absolute atomic E-state index is 0.0325. The van der Waals surface area contributed by atoms with Crippen LogP contribution in [0.3, 0.4) is 0 Å². The highest BCUT2D eigenvalue weighted by atomic mass is 16.3. The number of piperidine rings is 1. The van der Waals surface area contributed by atoms with E-state index in [1.54, 1.807) is 11.0 Å². The third-order valence-electron chi connectivity index (χ3n) is 5.61. The lowest BCUT2D eigenvalue weighted by atomic mass is 9.92. The number of hydrogen-bond donors (Lipinski definition) is 3. The molecule has 2 fully saturated rings. The molecule has 0 bridgehead atoms. The Kier molecular flexibility index (Phi) is 4.40. The Hall–Kier alpha value is -2.41. The zero-order valence-electron chi connectivity index (χ0n) is 14.5. The molecule has 26 heavy (non-hydrogen) atoms. The third kappa shape index (κ3) is 3.07. The zero-order valence-corrected chi connectivity index (χ0v) is 14.5. The molecule has 3 atom stereocenters. The molecule has 2 aliphatic heterocycles. The van der Waals surface area contributed by atoms with Gasteiger partial charge >= 0.3 is 0 Å². The first-order valence-electron chi connectivity index (χ1n) is 9.25. The van der Waals surface area contributed by atoms with Crippen molar-refractivity contribution in [3.05, 3.63) is 29.3 Å². The number of hydrogen-bond acceptors (Lipinski definition) is 5. The predicted octanol–water partition coefficient (Wildman–Crippen LogP) is 1.16. The smallest absolute Gasteiger partial charge is 0.255 e. The number of fused-ring (bicyclic) bond motifs is 1. The molecule has 0 spiro atoms. The Morgan fingerprint density at radius 3 is 2.69 bits per heavy atom. The van der Waals surface area contributed by atoms with Crippen molar-refractivity contribution in [1.29, 1.82) is 0 Å². The van der Waals surface area contributed by atoms with E-state index in [2.05, 4.69) is 10.6 Å². The van der Waals surface area contributed by atoms with E-state index in [1.165, 1.54) is 0 Å². The maximum atomic E-state index is 12.7. The quantitative estimate of drug-likeness (QED) is 0.705. The van der Waals surface area contributed by atoms with Gasteiger partial charge in [0, 0.05) is 24.2 Å². The summed E-state index contributed by atoms with van der Waals surface area (Å²) in [6.07, 6.45) is 4.16. The summed E-state index contributed by atoms with van der Waals surface area (Å²) in [7, 11) is 0. The fourth-order valence-electron chi connectivity index (χ4n) is 4.16. The highest BCUT2D eigenvalue weighted by molar-refractivity contribution is 6.05. The fraction of sp³-hybridized carbons (Fsp3) is 0.526. The van der Waals surface area contributed by atoms with Gasteiger partial charge in [-0.1, -0.05) is 12.8 Å². The number of rotatable bonds is 3. The molecule has 1 unspecified atom stereocenters. The van der Waals surface area contributed by atoms with Crippen LogP contribution in [0.25, 0.3) is 0 Å². The summed E-state index contributed by atoms with van der Waals surface area (Å²) in [5, 5.41) is 15.8. The molecular weight excluding hydrogens is 334 g/mol. The van der Waals surface area contributed by atoms with Crippen molar-refractivity contribution in [2.24, 2.45) is 0 Å². The predicted molar refractivity (Wildman–Crippen MR) is 94.4 cm³/mol. The topological polar surface area (TPSA) is 98.7 Å². The van der Waals surface area contributed by atoms with E-state index in [9.17, 15) is 19.5 Å². The summed E-state index contributed by atoms with van der Waals surface area (Å²) in [6, 6.07) is 5.00. The van der Waals surface area contributed by atoms with Crippen molar-refractivity contribution >= 4 is 23.4 Å². The number of imide groups is 1. The number of nitrogens with zero attached hydrogens (tertiary/aromatic N) is 1. The van der Waals surface area contributed by atoms with Crippen molar-refractivity contribution in [1.82, 2.24) is 10.2 Å². The summed E-state index contributed by atoms with van der Waals surface area (Å²) >= 11 is 0. The van der Waals surface area contributed by atoms with Crippen LogP contribution in [0, 0.1) is 0 Å². The lowest BCUT2D eigenvalue weighted by Crippen LogP contribution is -2.52. The molecule has 1 aliphatic carbocycles. The maximum absolute atomic E-state index is 12.7. The molecule has 1 aromatic carbocycles. The number of carbonyl (C=O) groups excluding carboxylic acids is 3. The van der Waals surface area contributed by atoms with Crippen LogP contribution >= 0.6 is 0 Å². The van der Waals surface area contributed by atoms with Gasteiger partial charge in [-0.25, -0.2) is 0 Å². The lowest BCUT2D eigenvalue weighted by molar-refractivity contribution is -0.136. The number of carbonyl (C=O) groups is 3. The standard InChI is InChI=1S/C19H23N3O4/c23-16-4-2-1-3-14(16)20-12-5-6-13-11(9-12)10-22(19(13)26)15-7-8-17(24)21-18(15)25/h5-6,9,14-16,20,23H,1-4,7-8,10H2,(H,21,24,25)/t14-,15?,16-/m1/s1. The summed E-state index contributed by atoms with van der Waals surface area (Å²) in [4.78, 5) is 37.6. The average molecular weight is 357 g/mol. The van der Waals surface area contributed by atoms with Gasteiger partial charge in [0.25, 0.3) is 5.91 Å². The van der Waals surface area contributed by atoms with Crippen molar-refractivity contribution in [2.45, 2.75) is 63.3 Å². The van der Waals surface area contributed by atoms with Gasteiger partial charge in [0.2, 0.25) is 11.8 Å². The molecule has 0 radical (unpaired) electrons. The van der Waals surface area contributed by atoms with E-state index in [0.29, 0.717) is 18.5 Å². The van der Waals surface area contributed by atoms with E-state index in [0.717, 1.165) is 36.9 Å². The molecule has 138 valence electrons. The highest BCUT2D eigenvalue weighted by Crippen LogP contribution is 2.30. The van der Waals surface area contributed by atoms with E-state index in [1.807, 2.05) is 12.1 Å². The molecule has 7 nitrogen and oxygen atoms in total. The normalized spacial score (nSPS) is 28.7. The Morgan fingerprint density at radius 2 is 1.92 bits per heavy atom. The second-order valence-corrected chi connectivity index (χ2v) is 7.37. The second kappa shape index (κ2) is 6.72. The molecule has 3 amide bonds. The Morgan fingerprint density at radius 1 is 1.12 bits per heavy atom. The number of aliphatic hydroxyl groups excluding tert-OH is 1. The summed E-state index contributed by atoms with van der Waals surface area (Å²) < 4.78 is 0. The monoisotopic (exact) mass is 357 g/mol. The summed E-state index contributed by atoms with van der Waals surface area (Å²) in [5.74, 6) is -0.849. The van der Waals surface area contributed by atoms with Crippen LogP contribution < -0.4 is 10.6 Å². The van der Waals surface area contributed by atoms with Gasteiger partial charge in [-0.3, -0.25) is 19.7 Å². The molecule has 7 heteroatoms. The zero-order chi connectivity index (χ0) is 18.3. The van der Waals surface area contributed by atoms with Crippen LogP contribution in [-0.2, 0) is 16.1 Å². The summed E-state index contributed by atoms with van der Waals surface area (Å²) in [5.41, 5.74) is 2.35. The van der Waals surface area contributed by atoms with Crippen LogP contribution in [0.15, 0.2) is 18.2 Å². The van der Waals surface area contributed by atoms with Crippen molar-refractivity contribution in [2.75, 3.05) is 5.32 Å². The van der Waals surface area contributed by atoms with Crippen molar-refractivity contribution in [3.63, 3.8) is 0 Å². The lowest BCUT2D eigenvalue weighted by Gasteiger charge is -2.29. The maximum Gasteiger partial charge on any atom is 0.255 e. The molecule has 1 saturated carbocycles. The Balaban J connectivity index is 1.49. The van der Waals surface area contributed by atoms with Crippen molar-refractivity contribution < 1.29 is 19.5 Å². The molecule has 2 heterocycles. The molecular formula is C19H23N3O4.